The second-order valence-electron chi connectivity index (χ2n) is 3.45. The predicted molar refractivity (Wildman–Crippen MR) is 59.7 cm³/mol. The third-order valence-corrected chi connectivity index (χ3v) is 2.64. The number of halogens is 1. The number of aliphatic hydroxyl groups excluding tert-OH is 1. The Morgan fingerprint density at radius 2 is 2.33 bits per heavy atom. The fourth-order valence-corrected chi connectivity index (χ4v) is 1.76. The monoisotopic (exact) mass is 225 g/mol. The Hall–Kier alpha value is -1.10. The molecule has 80 valence electrons. The Balaban J connectivity index is 2.64. The van der Waals surface area contributed by atoms with Crippen LogP contribution >= 0.6 is 11.6 Å². The van der Waals surface area contributed by atoms with E-state index in [0.717, 1.165) is 11.0 Å². The summed E-state index contributed by atoms with van der Waals surface area (Å²) in [6, 6.07) is 5.00. The molecule has 1 atom stereocenters. The van der Waals surface area contributed by atoms with Crippen LogP contribution in [0.5, 0.6) is 0 Å². The van der Waals surface area contributed by atoms with Crippen LogP contribution in [-0.4, -0.2) is 21.3 Å². The molecule has 0 aliphatic heterocycles. The lowest BCUT2D eigenvalue weighted by Crippen LogP contribution is -2.18. The average molecular weight is 226 g/mol. The number of nitrogens with two attached hydrogens (primary N) is 1. The quantitative estimate of drug-likeness (QED) is 0.808. The minimum atomic E-state index is -0.457. The summed E-state index contributed by atoms with van der Waals surface area (Å²) >= 11 is 5.89. The zero-order chi connectivity index (χ0) is 11.0. The van der Waals surface area contributed by atoms with E-state index < -0.39 is 6.04 Å². The normalized spacial score (nSPS) is 13.3. The van der Waals surface area contributed by atoms with Gasteiger partial charge in [-0.3, -0.25) is 0 Å². The van der Waals surface area contributed by atoms with E-state index in [4.69, 9.17) is 22.4 Å². The lowest BCUT2D eigenvalue weighted by Gasteiger charge is -2.07. The lowest BCUT2D eigenvalue weighted by molar-refractivity contribution is 0.262. The smallest absolute Gasteiger partial charge is 0.128 e. The number of aromatic nitrogens is 2. The summed E-state index contributed by atoms with van der Waals surface area (Å²) in [5.74, 6) is 0.662. The molecule has 0 spiro atoms. The topological polar surface area (TPSA) is 64.1 Å². The first-order valence-corrected chi connectivity index (χ1v) is 4.99. The molecule has 1 aromatic carbocycles. The van der Waals surface area contributed by atoms with E-state index in [1.165, 1.54) is 0 Å². The van der Waals surface area contributed by atoms with Gasteiger partial charge in [-0.05, 0) is 18.2 Å². The molecule has 5 heteroatoms. The standard InChI is InChI=1S/C10H12ClN3O/c1-14-9-4-6(11)2-3-8(9)13-10(14)7(12)5-15/h2-4,7,15H,5,12H2,1H3. The number of hydrogen-bond acceptors (Lipinski definition) is 3. The SMILES string of the molecule is Cn1c(C(N)CO)nc2ccc(Cl)cc21. The van der Waals surface area contributed by atoms with Crippen LogP contribution in [0.4, 0.5) is 0 Å². The summed E-state index contributed by atoms with van der Waals surface area (Å²) in [4.78, 5) is 4.34. The van der Waals surface area contributed by atoms with Crippen molar-refractivity contribution in [3.8, 4) is 0 Å². The molecule has 2 rings (SSSR count). The lowest BCUT2D eigenvalue weighted by atomic mass is 10.3. The molecule has 0 saturated heterocycles. The van der Waals surface area contributed by atoms with Crippen LogP contribution in [0.25, 0.3) is 11.0 Å². The van der Waals surface area contributed by atoms with Crippen molar-refractivity contribution >= 4 is 22.6 Å². The van der Waals surface area contributed by atoms with Crippen molar-refractivity contribution in [2.24, 2.45) is 12.8 Å². The van der Waals surface area contributed by atoms with Crippen molar-refractivity contribution in [2.45, 2.75) is 6.04 Å². The number of nitrogens with zero attached hydrogens (tertiary/aromatic N) is 2. The largest absolute Gasteiger partial charge is 0.394 e. The molecule has 1 aromatic heterocycles. The second kappa shape index (κ2) is 3.81. The minimum absolute atomic E-state index is 0.120. The maximum atomic E-state index is 8.99. The van der Waals surface area contributed by atoms with Gasteiger partial charge in [-0.15, -0.1) is 0 Å². The van der Waals surface area contributed by atoms with E-state index in [-0.39, 0.29) is 6.61 Å². The van der Waals surface area contributed by atoms with E-state index in [1.54, 1.807) is 6.07 Å². The molecule has 2 aromatic rings. The van der Waals surface area contributed by atoms with Crippen LogP contribution < -0.4 is 5.73 Å². The summed E-state index contributed by atoms with van der Waals surface area (Å²) in [7, 11) is 1.86. The first-order valence-electron chi connectivity index (χ1n) is 4.62. The maximum absolute atomic E-state index is 8.99. The Kier molecular flexibility index (Phi) is 2.65. The Labute approximate surface area is 92.3 Å². The van der Waals surface area contributed by atoms with Gasteiger partial charge in [0.25, 0.3) is 0 Å². The van der Waals surface area contributed by atoms with Crippen molar-refractivity contribution in [1.82, 2.24) is 9.55 Å². The molecule has 15 heavy (non-hydrogen) atoms. The number of aryl methyl sites for hydroxylation is 1. The number of benzene rings is 1. The Morgan fingerprint density at radius 3 is 3.00 bits per heavy atom. The molecule has 0 aliphatic rings. The average Bonchev–Trinajstić information content (AvgIpc) is 2.55. The molecule has 0 saturated carbocycles. The van der Waals surface area contributed by atoms with Gasteiger partial charge in [-0.25, -0.2) is 4.98 Å². The number of hydrogen-bond donors (Lipinski definition) is 2. The van der Waals surface area contributed by atoms with E-state index in [9.17, 15) is 0 Å². The molecule has 0 fully saturated rings. The van der Waals surface area contributed by atoms with E-state index in [2.05, 4.69) is 4.98 Å². The van der Waals surface area contributed by atoms with Gasteiger partial charge < -0.3 is 15.4 Å². The first-order chi connectivity index (χ1) is 7.13. The van der Waals surface area contributed by atoms with Crippen LogP contribution in [0, 0.1) is 0 Å². The van der Waals surface area contributed by atoms with Crippen molar-refractivity contribution in [2.75, 3.05) is 6.61 Å². The third kappa shape index (κ3) is 1.71. The van der Waals surface area contributed by atoms with Crippen LogP contribution in [0.15, 0.2) is 18.2 Å². The molecule has 1 unspecified atom stereocenters. The Bertz CT molecular complexity index is 495. The zero-order valence-electron chi connectivity index (χ0n) is 8.31. The van der Waals surface area contributed by atoms with Gasteiger partial charge >= 0.3 is 0 Å². The van der Waals surface area contributed by atoms with Crippen LogP contribution in [0.3, 0.4) is 0 Å². The summed E-state index contributed by atoms with van der Waals surface area (Å²) in [6.45, 7) is -0.120. The number of imidazole rings is 1. The number of rotatable bonds is 2. The molecule has 0 amide bonds. The first kappa shape index (κ1) is 10.4. The van der Waals surface area contributed by atoms with Crippen molar-refractivity contribution in [3.05, 3.63) is 29.0 Å². The van der Waals surface area contributed by atoms with Gasteiger partial charge in [0.05, 0.1) is 23.7 Å². The van der Waals surface area contributed by atoms with Crippen molar-refractivity contribution in [1.29, 1.82) is 0 Å². The van der Waals surface area contributed by atoms with Gasteiger partial charge in [0.2, 0.25) is 0 Å². The third-order valence-electron chi connectivity index (χ3n) is 2.41. The van der Waals surface area contributed by atoms with E-state index in [1.807, 2.05) is 23.7 Å². The minimum Gasteiger partial charge on any atom is -0.394 e. The molecule has 4 nitrogen and oxygen atoms in total. The van der Waals surface area contributed by atoms with Gasteiger partial charge in [0.15, 0.2) is 0 Å². The fraction of sp³-hybridized carbons (Fsp3) is 0.300. The van der Waals surface area contributed by atoms with E-state index >= 15 is 0 Å². The molecule has 0 radical (unpaired) electrons. The highest BCUT2D eigenvalue weighted by Gasteiger charge is 2.13. The van der Waals surface area contributed by atoms with Gasteiger partial charge in [0.1, 0.15) is 5.82 Å². The highest BCUT2D eigenvalue weighted by molar-refractivity contribution is 6.31. The van der Waals surface area contributed by atoms with Crippen LogP contribution in [0.2, 0.25) is 5.02 Å². The maximum Gasteiger partial charge on any atom is 0.128 e. The second-order valence-corrected chi connectivity index (χ2v) is 3.89. The summed E-state index contributed by atoms with van der Waals surface area (Å²) in [5.41, 5.74) is 7.48. The van der Waals surface area contributed by atoms with Crippen molar-refractivity contribution < 1.29 is 5.11 Å². The molecular weight excluding hydrogens is 214 g/mol. The van der Waals surface area contributed by atoms with Crippen LogP contribution in [0.1, 0.15) is 11.9 Å². The van der Waals surface area contributed by atoms with E-state index in [0.29, 0.717) is 10.8 Å². The zero-order valence-corrected chi connectivity index (χ0v) is 9.07. The highest BCUT2D eigenvalue weighted by atomic mass is 35.5. The Morgan fingerprint density at radius 1 is 1.60 bits per heavy atom. The van der Waals surface area contributed by atoms with Gasteiger partial charge in [-0.2, -0.15) is 0 Å². The summed E-state index contributed by atoms with van der Waals surface area (Å²) in [5, 5.41) is 9.65. The van der Waals surface area contributed by atoms with Crippen molar-refractivity contribution in [3.63, 3.8) is 0 Å². The highest BCUT2D eigenvalue weighted by Crippen LogP contribution is 2.21. The van der Waals surface area contributed by atoms with Crippen LogP contribution in [-0.2, 0) is 7.05 Å². The molecule has 0 bridgehead atoms. The fourth-order valence-electron chi connectivity index (χ4n) is 1.59. The number of aliphatic hydroxyl groups is 1. The number of fused-ring (bicyclic) bond motifs is 1. The molecular formula is C10H12ClN3O. The predicted octanol–water partition coefficient (Wildman–Crippen LogP) is 1.22. The van der Waals surface area contributed by atoms with Gasteiger partial charge in [-0.1, -0.05) is 11.6 Å². The summed E-state index contributed by atoms with van der Waals surface area (Å²) < 4.78 is 1.85. The van der Waals surface area contributed by atoms with Gasteiger partial charge in [0, 0.05) is 12.1 Å². The molecule has 3 N–H and O–H groups in total. The summed E-state index contributed by atoms with van der Waals surface area (Å²) in [6.07, 6.45) is 0. The molecule has 1 heterocycles. The molecule has 0 aliphatic carbocycles.